The molecular weight excluding hydrogens is 419 g/mol. The standard InChI is InChI=1S/C17H22N4S.HI/c18-17(21-11-5-2-6-12-21)19-10-9-15-13-22-16(20-15)14-7-3-1-4-8-14;/h1,3-4,7-8,13H,2,5-6,9-12H2,(H2,18,19);1H. The Hall–Kier alpha value is -1.15. The number of rotatable bonds is 4. The quantitative estimate of drug-likeness (QED) is 0.446. The molecule has 1 aromatic carbocycles. The number of hydrogen-bond acceptors (Lipinski definition) is 3. The normalized spacial score (nSPS) is 15.3. The molecule has 0 aliphatic carbocycles. The van der Waals surface area contributed by atoms with Crippen LogP contribution >= 0.6 is 35.3 Å². The fourth-order valence-corrected chi connectivity index (χ4v) is 3.50. The van der Waals surface area contributed by atoms with Crippen molar-refractivity contribution in [1.82, 2.24) is 9.88 Å². The van der Waals surface area contributed by atoms with Crippen molar-refractivity contribution >= 4 is 41.3 Å². The lowest BCUT2D eigenvalue weighted by molar-refractivity contribution is 0.338. The van der Waals surface area contributed by atoms with Crippen LogP contribution in [0, 0.1) is 0 Å². The zero-order chi connectivity index (χ0) is 15.2. The van der Waals surface area contributed by atoms with Crippen LogP contribution in [-0.2, 0) is 6.42 Å². The van der Waals surface area contributed by atoms with E-state index < -0.39 is 0 Å². The minimum absolute atomic E-state index is 0. The summed E-state index contributed by atoms with van der Waals surface area (Å²) in [6.45, 7) is 2.80. The molecule has 1 aromatic heterocycles. The smallest absolute Gasteiger partial charge is 0.191 e. The maximum absolute atomic E-state index is 6.07. The molecule has 0 atom stereocenters. The summed E-state index contributed by atoms with van der Waals surface area (Å²) in [5, 5.41) is 3.19. The van der Waals surface area contributed by atoms with Crippen molar-refractivity contribution in [2.75, 3.05) is 19.6 Å². The second-order valence-electron chi connectivity index (χ2n) is 5.55. The maximum atomic E-state index is 6.07. The van der Waals surface area contributed by atoms with E-state index in [1.54, 1.807) is 11.3 Å². The van der Waals surface area contributed by atoms with Crippen molar-refractivity contribution in [3.63, 3.8) is 0 Å². The number of nitrogens with zero attached hydrogens (tertiary/aromatic N) is 3. The van der Waals surface area contributed by atoms with Gasteiger partial charge in [-0.3, -0.25) is 4.99 Å². The van der Waals surface area contributed by atoms with E-state index in [-0.39, 0.29) is 24.0 Å². The van der Waals surface area contributed by atoms with Crippen molar-refractivity contribution in [2.45, 2.75) is 25.7 Å². The van der Waals surface area contributed by atoms with Gasteiger partial charge < -0.3 is 10.6 Å². The molecule has 2 heterocycles. The van der Waals surface area contributed by atoms with Gasteiger partial charge in [-0.15, -0.1) is 35.3 Å². The number of nitrogens with two attached hydrogens (primary N) is 1. The zero-order valence-corrected chi connectivity index (χ0v) is 16.3. The summed E-state index contributed by atoms with van der Waals surface area (Å²) in [4.78, 5) is 11.4. The zero-order valence-electron chi connectivity index (χ0n) is 13.1. The van der Waals surface area contributed by atoms with Gasteiger partial charge in [0.05, 0.1) is 5.69 Å². The number of likely N-dealkylation sites (tertiary alicyclic amines) is 1. The highest BCUT2D eigenvalue weighted by Gasteiger charge is 2.11. The average Bonchev–Trinajstić information content (AvgIpc) is 3.05. The monoisotopic (exact) mass is 442 g/mol. The number of halogens is 1. The molecule has 3 rings (SSSR count). The molecule has 4 nitrogen and oxygen atoms in total. The lowest BCUT2D eigenvalue weighted by Crippen LogP contribution is -2.41. The van der Waals surface area contributed by atoms with Crippen LogP contribution in [-0.4, -0.2) is 35.5 Å². The van der Waals surface area contributed by atoms with E-state index in [9.17, 15) is 0 Å². The number of hydrogen-bond donors (Lipinski definition) is 1. The number of piperidine rings is 1. The minimum atomic E-state index is 0. The molecule has 23 heavy (non-hydrogen) atoms. The van der Waals surface area contributed by atoms with E-state index >= 15 is 0 Å². The summed E-state index contributed by atoms with van der Waals surface area (Å²) in [6, 6.07) is 10.3. The van der Waals surface area contributed by atoms with Crippen molar-refractivity contribution in [2.24, 2.45) is 10.7 Å². The van der Waals surface area contributed by atoms with E-state index in [0.29, 0.717) is 12.5 Å². The summed E-state index contributed by atoms with van der Waals surface area (Å²) in [6.07, 6.45) is 4.61. The maximum Gasteiger partial charge on any atom is 0.191 e. The average molecular weight is 442 g/mol. The third-order valence-corrected chi connectivity index (χ3v) is 4.83. The topological polar surface area (TPSA) is 54.5 Å². The van der Waals surface area contributed by atoms with Crippen molar-refractivity contribution in [3.8, 4) is 10.6 Å². The lowest BCUT2D eigenvalue weighted by atomic mass is 10.1. The van der Waals surface area contributed by atoms with Gasteiger partial charge in [0.25, 0.3) is 0 Å². The fourth-order valence-electron chi connectivity index (χ4n) is 2.64. The Morgan fingerprint density at radius 2 is 1.91 bits per heavy atom. The third kappa shape index (κ3) is 5.17. The summed E-state index contributed by atoms with van der Waals surface area (Å²) in [5.41, 5.74) is 8.34. The first-order valence-electron chi connectivity index (χ1n) is 7.87. The molecule has 0 spiro atoms. The van der Waals surface area contributed by atoms with Crippen LogP contribution in [0.1, 0.15) is 25.0 Å². The van der Waals surface area contributed by atoms with Gasteiger partial charge in [-0.25, -0.2) is 4.98 Å². The van der Waals surface area contributed by atoms with Crippen LogP contribution in [0.4, 0.5) is 0 Å². The Balaban J connectivity index is 0.00000192. The fraction of sp³-hybridized carbons (Fsp3) is 0.412. The van der Waals surface area contributed by atoms with E-state index in [2.05, 4.69) is 32.4 Å². The molecule has 2 aromatic rings. The van der Waals surface area contributed by atoms with Crippen molar-refractivity contribution < 1.29 is 0 Å². The first kappa shape index (κ1) is 18.2. The van der Waals surface area contributed by atoms with Crippen LogP contribution in [0.5, 0.6) is 0 Å². The first-order chi connectivity index (χ1) is 10.8. The van der Waals surface area contributed by atoms with E-state index in [1.165, 1.54) is 24.8 Å². The lowest BCUT2D eigenvalue weighted by Gasteiger charge is -2.27. The molecule has 0 radical (unpaired) electrons. The molecule has 124 valence electrons. The Morgan fingerprint density at radius 3 is 2.65 bits per heavy atom. The van der Waals surface area contributed by atoms with Crippen LogP contribution in [0.25, 0.3) is 10.6 Å². The van der Waals surface area contributed by atoms with Crippen LogP contribution in [0.2, 0.25) is 0 Å². The highest BCUT2D eigenvalue weighted by molar-refractivity contribution is 14.0. The van der Waals surface area contributed by atoms with Crippen LogP contribution in [0.15, 0.2) is 40.7 Å². The molecule has 0 unspecified atom stereocenters. The summed E-state index contributed by atoms with van der Waals surface area (Å²) >= 11 is 1.69. The van der Waals surface area contributed by atoms with Gasteiger partial charge in [0.2, 0.25) is 0 Å². The summed E-state index contributed by atoms with van der Waals surface area (Å²) in [5.74, 6) is 0.693. The second kappa shape index (κ2) is 9.22. The van der Waals surface area contributed by atoms with Gasteiger partial charge >= 0.3 is 0 Å². The van der Waals surface area contributed by atoms with Crippen LogP contribution in [0.3, 0.4) is 0 Å². The number of aliphatic imine (C=N–C) groups is 1. The number of aromatic nitrogens is 1. The Labute approximate surface area is 158 Å². The van der Waals surface area contributed by atoms with Gasteiger partial charge in [0, 0.05) is 37.0 Å². The minimum Gasteiger partial charge on any atom is -0.370 e. The van der Waals surface area contributed by atoms with Crippen LogP contribution < -0.4 is 5.73 Å². The molecular formula is C17H23IN4S. The van der Waals surface area contributed by atoms with Gasteiger partial charge in [-0.05, 0) is 19.3 Å². The molecule has 1 aliphatic rings. The highest BCUT2D eigenvalue weighted by atomic mass is 127. The van der Waals surface area contributed by atoms with Gasteiger partial charge in [-0.2, -0.15) is 0 Å². The molecule has 1 saturated heterocycles. The number of benzene rings is 1. The molecule has 0 amide bonds. The highest BCUT2D eigenvalue weighted by Crippen LogP contribution is 2.23. The Morgan fingerprint density at radius 1 is 1.17 bits per heavy atom. The third-order valence-electron chi connectivity index (χ3n) is 3.89. The van der Waals surface area contributed by atoms with Gasteiger partial charge in [0.1, 0.15) is 5.01 Å². The summed E-state index contributed by atoms with van der Waals surface area (Å²) in [7, 11) is 0. The van der Waals surface area contributed by atoms with Crippen molar-refractivity contribution in [1.29, 1.82) is 0 Å². The molecule has 2 N–H and O–H groups in total. The van der Waals surface area contributed by atoms with E-state index in [4.69, 9.17) is 5.73 Å². The first-order valence-corrected chi connectivity index (χ1v) is 8.75. The predicted molar refractivity (Wildman–Crippen MR) is 109 cm³/mol. The molecule has 0 bridgehead atoms. The number of thiazole rings is 1. The van der Waals surface area contributed by atoms with Gasteiger partial charge in [0.15, 0.2) is 5.96 Å². The largest absolute Gasteiger partial charge is 0.370 e. The molecule has 1 aliphatic heterocycles. The molecule has 6 heteroatoms. The molecule has 0 saturated carbocycles. The Bertz CT molecular complexity index is 621. The predicted octanol–water partition coefficient (Wildman–Crippen LogP) is 3.77. The SMILES string of the molecule is I.NC(=NCCc1csc(-c2ccccc2)n1)N1CCCCC1. The number of guanidine groups is 1. The summed E-state index contributed by atoms with van der Waals surface area (Å²) < 4.78 is 0. The second-order valence-corrected chi connectivity index (χ2v) is 6.41. The van der Waals surface area contributed by atoms with Gasteiger partial charge in [-0.1, -0.05) is 30.3 Å². The molecule has 1 fully saturated rings. The van der Waals surface area contributed by atoms with E-state index in [0.717, 1.165) is 30.2 Å². The van der Waals surface area contributed by atoms with E-state index in [1.807, 2.05) is 18.2 Å². The van der Waals surface area contributed by atoms with Crippen molar-refractivity contribution in [3.05, 3.63) is 41.4 Å². The Kier molecular flexibility index (Phi) is 7.29.